The fourth-order valence-electron chi connectivity index (χ4n) is 5.46. The standard InChI is InChI=1S/C16H26O6/c1-14(2)7-4-5-15(14,3)16(6-7)21-12-10(19)8(17)9(18)11(20)13(12)22-16/h7-13,17-20H,4-6H2,1-3H3/t7-,8-,9-,10+,11+,12-,13+,15-,16?/m0/s1. The van der Waals surface area contributed by atoms with Gasteiger partial charge in [-0.2, -0.15) is 0 Å². The lowest BCUT2D eigenvalue weighted by atomic mass is 9.68. The third-order valence-corrected chi connectivity index (χ3v) is 7.49. The second-order valence-electron chi connectivity index (χ2n) is 8.37. The van der Waals surface area contributed by atoms with Gasteiger partial charge in [0.25, 0.3) is 0 Å². The predicted molar refractivity (Wildman–Crippen MR) is 75.7 cm³/mol. The fraction of sp³-hybridized carbons (Fsp3) is 1.00. The average Bonchev–Trinajstić information content (AvgIpc) is 3.01. The van der Waals surface area contributed by atoms with Crippen LogP contribution in [0.4, 0.5) is 0 Å². The number of aliphatic hydroxyl groups is 4. The van der Waals surface area contributed by atoms with E-state index in [-0.39, 0.29) is 10.8 Å². The van der Waals surface area contributed by atoms with E-state index in [1.54, 1.807) is 0 Å². The van der Waals surface area contributed by atoms with Crippen LogP contribution in [0.5, 0.6) is 0 Å². The number of hydrogen-bond donors (Lipinski definition) is 4. The molecular formula is C16H26O6. The van der Waals surface area contributed by atoms with Gasteiger partial charge in [0, 0.05) is 11.8 Å². The van der Waals surface area contributed by atoms with Crippen molar-refractivity contribution < 1.29 is 29.9 Å². The molecule has 2 bridgehead atoms. The van der Waals surface area contributed by atoms with E-state index in [1.165, 1.54) is 0 Å². The molecule has 126 valence electrons. The van der Waals surface area contributed by atoms with Crippen molar-refractivity contribution >= 4 is 0 Å². The quantitative estimate of drug-likeness (QED) is 0.493. The monoisotopic (exact) mass is 314 g/mol. The van der Waals surface area contributed by atoms with Crippen LogP contribution in [-0.4, -0.2) is 62.8 Å². The highest BCUT2D eigenvalue weighted by atomic mass is 16.8. The average molecular weight is 314 g/mol. The zero-order chi connectivity index (χ0) is 16.1. The molecule has 4 aliphatic rings. The van der Waals surface area contributed by atoms with E-state index in [9.17, 15) is 20.4 Å². The number of rotatable bonds is 0. The van der Waals surface area contributed by atoms with E-state index in [0.29, 0.717) is 5.92 Å². The summed E-state index contributed by atoms with van der Waals surface area (Å²) in [6.07, 6.45) is -4.13. The van der Waals surface area contributed by atoms with Gasteiger partial charge < -0.3 is 29.9 Å². The zero-order valence-electron chi connectivity index (χ0n) is 13.3. The second-order valence-corrected chi connectivity index (χ2v) is 8.37. The molecule has 0 radical (unpaired) electrons. The topological polar surface area (TPSA) is 99.4 Å². The van der Waals surface area contributed by atoms with Gasteiger partial charge >= 0.3 is 0 Å². The maximum Gasteiger partial charge on any atom is 0.175 e. The molecule has 1 heterocycles. The van der Waals surface area contributed by atoms with Gasteiger partial charge in [0.1, 0.15) is 36.6 Å². The Balaban J connectivity index is 1.71. The van der Waals surface area contributed by atoms with Crippen LogP contribution in [0, 0.1) is 16.7 Å². The molecule has 0 amide bonds. The maximum atomic E-state index is 10.2. The number of aliphatic hydroxyl groups excluding tert-OH is 4. The van der Waals surface area contributed by atoms with Crippen molar-refractivity contribution in [1.82, 2.24) is 0 Å². The lowest BCUT2D eigenvalue weighted by molar-refractivity contribution is -0.256. The van der Waals surface area contributed by atoms with Crippen molar-refractivity contribution in [3.63, 3.8) is 0 Å². The van der Waals surface area contributed by atoms with E-state index in [4.69, 9.17) is 9.47 Å². The first-order valence-electron chi connectivity index (χ1n) is 8.22. The first-order valence-corrected chi connectivity index (χ1v) is 8.22. The van der Waals surface area contributed by atoms with Crippen molar-refractivity contribution in [2.24, 2.45) is 16.7 Å². The Hall–Kier alpha value is -0.240. The van der Waals surface area contributed by atoms with E-state index in [0.717, 1.165) is 19.3 Å². The molecular weight excluding hydrogens is 288 g/mol. The fourth-order valence-corrected chi connectivity index (χ4v) is 5.46. The summed E-state index contributed by atoms with van der Waals surface area (Å²) in [7, 11) is 0. The minimum absolute atomic E-state index is 0.0492. The Labute approximate surface area is 130 Å². The van der Waals surface area contributed by atoms with Gasteiger partial charge in [-0.15, -0.1) is 0 Å². The van der Waals surface area contributed by atoms with Crippen LogP contribution in [0.2, 0.25) is 0 Å². The third kappa shape index (κ3) is 1.47. The second kappa shape index (κ2) is 4.23. The Morgan fingerprint density at radius 1 is 0.818 bits per heavy atom. The summed E-state index contributed by atoms with van der Waals surface area (Å²) in [4.78, 5) is 0. The third-order valence-electron chi connectivity index (χ3n) is 7.49. The van der Waals surface area contributed by atoms with Gasteiger partial charge in [-0.1, -0.05) is 20.8 Å². The van der Waals surface area contributed by atoms with E-state index in [1.807, 2.05) is 0 Å². The molecule has 3 saturated carbocycles. The summed E-state index contributed by atoms with van der Waals surface area (Å²) in [5, 5.41) is 40.3. The Kier molecular flexibility index (Phi) is 2.94. The van der Waals surface area contributed by atoms with Crippen LogP contribution < -0.4 is 0 Å². The van der Waals surface area contributed by atoms with Crippen LogP contribution >= 0.6 is 0 Å². The summed E-state index contributed by atoms with van der Waals surface area (Å²) in [6, 6.07) is 0. The summed E-state index contributed by atoms with van der Waals surface area (Å²) < 4.78 is 12.4. The molecule has 4 fully saturated rings. The molecule has 6 nitrogen and oxygen atoms in total. The molecule has 3 aliphatic carbocycles. The molecule has 9 atom stereocenters. The van der Waals surface area contributed by atoms with E-state index in [2.05, 4.69) is 20.8 Å². The van der Waals surface area contributed by atoms with Crippen molar-refractivity contribution in [2.75, 3.05) is 0 Å². The van der Waals surface area contributed by atoms with Crippen LogP contribution in [0.1, 0.15) is 40.0 Å². The van der Waals surface area contributed by atoms with Crippen molar-refractivity contribution in [3.8, 4) is 0 Å². The van der Waals surface area contributed by atoms with Crippen molar-refractivity contribution in [2.45, 2.75) is 82.4 Å². The summed E-state index contributed by atoms with van der Waals surface area (Å²) in [5.74, 6) is -0.373. The van der Waals surface area contributed by atoms with Crippen molar-refractivity contribution in [1.29, 1.82) is 0 Å². The van der Waals surface area contributed by atoms with Gasteiger partial charge in [-0.25, -0.2) is 0 Å². The molecule has 4 N–H and O–H groups in total. The van der Waals surface area contributed by atoms with Crippen LogP contribution in [0.3, 0.4) is 0 Å². The Bertz CT molecular complexity index is 471. The summed E-state index contributed by atoms with van der Waals surface area (Å²) in [6.45, 7) is 6.61. The molecule has 22 heavy (non-hydrogen) atoms. The zero-order valence-corrected chi connectivity index (χ0v) is 13.3. The summed E-state index contributed by atoms with van der Waals surface area (Å²) >= 11 is 0. The number of hydrogen-bond acceptors (Lipinski definition) is 6. The highest BCUT2D eigenvalue weighted by Crippen LogP contribution is 2.72. The first-order chi connectivity index (χ1) is 10.1. The highest BCUT2D eigenvalue weighted by Gasteiger charge is 2.75. The summed E-state index contributed by atoms with van der Waals surface area (Å²) in [5.41, 5.74) is -0.162. The molecule has 0 aromatic rings. The normalized spacial score (nSPS) is 62.6. The molecule has 1 saturated heterocycles. The van der Waals surface area contributed by atoms with Crippen LogP contribution in [-0.2, 0) is 9.47 Å². The minimum atomic E-state index is -1.42. The molecule has 1 aliphatic heterocycles. The minimum Gasteiger partial charge on any atom is -0.387 e. The molecule has 0 aromatic carbocycles. The van der Waals surface area contributed by atoms with Gasteiger partial charge in [0.05, 0.1) is 0 Å². The van der Waals surface area contributed by atoms with Gasteiger partial charge in [-0.3, -0.25) is 0 Å². The molecule has 0 aromatic heterocycles. The van der Waals surface area contributed by atoms with Gasteiger partial charge in [0.2, 0.25) is 0 Å². The molecule has 4 rings (SSSR count). The van der Waals surface area contributed by atoms with Crippen LogP contribution in [0.15, 0.2) is 0 Å². The molecule has 1 unspecified atom stereocenters. The predicted octanol–water partition coefficient (Wildman–Crippen LogP) is -0.230. The lowest BCUT2D eigenvalue weighted by Crippen LogP contribution is -2.62. The first kappa shape index (κ1) is 15.3. The SMILES string of the molecule is CC1(C)[C@H]2CC[C@]1(C)C1(C2)O[C@@H]2[C@H](O)[C@@H](O)[C@H](O)[C@@H](O)[C@@H]2O1. The van der Waals surface area contributed by atoms with Crippen LogP contribution in [0.25, 0.3) is 0 Å². The maximum absolute atomic E-state index is 10.2. The molecule has 1 spiro atoms. The number of fused-ring (bicyclic) bond motifs is 4. The highest BCUT2D eigenvalue weighted by molar-refractivity contribution is 5.19. The number of ether oxygens (including phenoxy) is 2. The van der Waals surface area contributed by atoms with Gasteiger partial charge in [0.15, 0.2) is 5.79 Å². The Morgan fingerprint density at radius 3 is 1.68 bits per heavy atom. The van der Waals surface area contributed by atoms with E-state index >= 15 is 0 Å². The van der Waals surface area contributed by atoms with Gasteiger partial charge in [-0.05, 0) is 24.2 Å². The largest absolute Gasteiger partial charge is 0.387 e. The van der Waals surface area contributed by atoms with Crippen molar-refractivity contribution in [3.05, 3.63) is 0 Å². The van der Waals surface area contributed by atoms with E-state index < -0.39 is 42.4 Å². The lowest BCUT2D eigenvalue weighted by Gasteiger charge is -2.45. The molecule has 6 heteroatoms. The Morgan fingerprint density at radius 2 is 1.32 bits per heavy atom. The smallest absolute Gasteiger partial charge is 0.175 e.